The van der Waals surface area contributed by atoms with E-state index < -0.39 is 25.8 Å². The molecule has 0 amide bonds. The fraction of sp³-hybridized carbons (Fsp3) is 0.333. The van der Waals surface area contributed by atoms with Crippen LogP contribution in [0.3, 0.4) is 0 Å². The number of aromatic nitrogens is 3. The van der Waals surface area contributed by atoms with Crippen LogP contribution in [0.5, 0.6) is 0 Å². The lowest BCUT2D eigenvalue weighted by molar-refractivity contribution is 0.487. The molecule has 0 atom stereocenters. The molecule has 0 bridgehead atoms. The number of hydrogen-bond acceptors (Lipinski definition) is 4. The SMILES string of the molecule is CC(C)Cn1c(-c2cc(F)ccc2F)nnc1S(=O)(=O)Cl. The van der Waals surface area contributed by atoms with Crippen molar-refractivity contribution in [1.29, 1.82) is 0 Å². The van der Waals surface area contributed by atoms with Crippen molar-refractivity contribution in [2.75, 3.05) is 0 Å². The van der Waals surface area contributed by atoms with Crippen LogP contribution in [0.15, 0.2) is 23.4 Å². The Bertz CT molecular complexity index is 775. The first kappa shape index (κ1) is 15.8. The monoisotopic (exact) mass is 335 g/mol. The molecule has 9 heteroatoms. The summed E-state index contributed by atoms with van der Waals surface area (Å²) in [4.78, 5) is 0. The Hall–Kier alpha value is -1.54. The van der Waals surface area contributed by atoms with Gasteiger partial charge in [0.05, 0.1) is 5.56 Å². The smallest absolute Gasteiger partial charge is 0.296 e. The number of hydrogen-bond donors (Lipinski definition) is 0. The maximum absolute atomic E-state index is 13.8. The third kappa shape index (κ3) is 3.38. The van der Waals surface area contributed by atoms with Crippen molar-refractivity contribution in [2.45, 2.75) is 25.5 Å². The molecule has 0 radical (unpaired) electrons. The highest BCUT2D eigenvalue weighted by Gasteiger charge is 2.25. The minimum Gasteiger partial charge on any atom is -0.296 e. The fourth-order valence-electron chi connectivity index (χ4n) is 1.87. The van der Waals surface area contributed by atoms with Gasteiger partial charge in [0.15, 0.2) is 5.82 Å². The molecule has 5 nitrogen and oxygen atoms in total. The second kappa shape index (κ2) is 5.69. The molecule has 21 heavy (non-hydrogen) atoms. The molecule has 1 aromatic carbocycles. The Morgan fingerprint density at radius 2 is 1.95 bits per heavy atom. The van der Waals surface area contributed by atoms with Crippen LogP contribution in [0.4, 0.5) is 8.78 Å². The standard InChI is InChI=1S/C12H12ClF2N3O2S/c1-7(2)6-18-11(16-17-12(18)21(13,19)20)9-5-8(14)3-4-10(9)15/h3-5,7H,6H2,1-2H3. The molecule has 114 valence electrons. The van der Waals surface area contributed by atoms with Gasteiger partial charge in [-0.25, -0.2) is 17.2 Å². The molecular formula is C12H12ClF2N3O2S. The molecule has 0 fully saturated rings. The molecule has 0 spiro atoms. The zero-order chi connectivity index (χ0) is 15.8. The summed E-state index contributed by atoms with van der Waals surface area (Å²) in [5.74, 6) is -1.46. The first-order valence-corrected chi connectivity index (χ1v) is 8.34. The van der Waals surface area contributed by atoms with Crippen LogP contribution in [0.2, 0.25) is 0 Å². The Morgan fingerprint density at radius 1 is 1.29 bits per heavy atom. The quantitative estimate of drug-likeness (QED) is 0.806. The summed E-state index contributed by atoms with van der Waals surface area (Å²) in [5, 5.41) is 6.65. The lowest BCUT2D eigenvalue weighted by Crippen LogP contribution is -2.12. The summed E-state index contributed by atoms with van der Waals surface area (Å²) < 4.78 is 51.3. The predicted octanol–water partition coefficient (Wildman–Crippen LogP) is 2.81. The molecular weight excluding hydrogens is 324 g/mol. The van der Waals surface area contributed by atoms with E-state index in [2.05, 4.69) is 10.2 Å². The van der Waals surface area contributed by atoms with E-state index in [-0.39, 0.29) is 23.9 Å². The summed E-state index contributed by atoms with van der Waals surface area (Å²) in [6, 6.07) is 2.83. The van der Waals surface area contributed by atoms with Crippen LogP contribution in [-0.2, 0) is 15.6 Å². The molecule has 0 aliphatic heterocycles. The van der Waals surface area contributed by atoms with Crippen molar-refractivity contribution in [1.82, 2.24) is 14.8 Å². The molecule has 0 unspecified atom stereocenters. The minimum absolute atomic E-state index is 0.0218. The van der Waals surface area contributed by atoms with Gasteiger partial charge < -0.3 is 0 Å². The average molecular weight is 336 g/mol. The van der Waals surface area contributed by atoms with Crippen molar-refractivity contribution >= 4 is 19.7 Å². The minimum atomic E-state index is -4.14. The number of rotatable bonds is 4. The van der Waals surface area contributed by atoms with Crippen molar-refractivity contribution in [2.24, 2.45) is 5.92 Å². The van der Waals surface area contributed by atoms with Crippen LogP contribution in [0.1, 0.15) is 13.8 Å². The predicted molar refractivity (Wildman–Crippen MR) is 73.3 cm³/mol. The van der Waals surface area contributed by atoms with Gasteiger partial charge in [-0.3, -0.25) is 4.57 Å². The summed E-state index contributed by atoms with van der Waals surface area (Å²) >= 11 is 0. The van der Waals surface area contributed by atoms with Crippen LogP contribution >= 0.6 is 10.7 Å². The second-order valence-corrected chi connectivity index (χ2v) is 7.33. The van der Waals surface area contributed by atoms with Crippen molar-refractivity contribution < 1.29 is 17.2 Å². The molecule has 2 aromatic rings. The summed E-state index contributed by atoms with van der Waals surface area (Å²) in [6.45, 7) is 3.85. The zero-order valence-electron chi connectivity index (χ0n) is 11.2. The fourth-order valence-corrected chi connectivity index (χ4v) is 2.77. The first-order valence-electron chi connectivity index (χ1n) is 6.03. The van der Waals surface area contributed by atoms with Crippen molar-refractivity contribution in [3.63, 3.8) is 0 Å². The van der Waals surface area contributed by atoms with E-state index in [1.54, 1.807) is 0 Å². The largest absolute Gasteiger partial charge is 0.296 e. The first-order chi connectivity index (χ1) is 9.70. The van der Waals surface area contributed by atoms with E-state index in [9.17, 15) is 17.2 Å². The highest BCUT2D eigenvalue weighted by molar-refractivity contribution is 8.13. The maximum atomic E-state index is 13.8. The molecule has 0 N–H and O–H groups in total. The summed E-state index contributed by atoms with van der Waals surface area (Å²) in [5.41, 5.74) is -0.172. The lowest BCUT2D eigenvalue weighted by atomic mass is 10.1. The van der Waals surface area contributed by atoms with E-state index >= 15 is 0 Å². The van der Waals surface area contributed by atoms with Gasteiger partial charge in [0.1, 0.15) is 11.6 Å². The summed E-state index contributed by atoms with van der Waals surface area (Å²) in [7, 11) is 1.16. The van der Waals surface area contributed by atoms with Crippen LogP contribution in [0, 0.1) is 17.6 Å². The van der Waals surface area contributed by atoms with E-state index in [1.165, 1.54) is 4.57 Å². The van der Waals surface area contributed by atoms with E-state index in [0.29, 0.717) is 0 Å². The molecule has 2 rings (SSSR count). The van der Waals surface area contributed by atoms with Crippen molar-refractivity contribution in [3.05, 3.63) is 29.8 Å². The number of halogens is 3. The molecule has 1 aromatic heterocycles. The van der Waals surface area contributed by atoms with Gasteiger partial charge in [-0.05, 0) is 24.1 Å². The molecule has 0 aliphatic carbocycles. The molecule has 0 aliphatic rings. The Balaban J connectivity index is 2.69. The lowest BCUT2D eigenvalue weighted by Gasteiger charge is -2.11. The van der Waals surface area contributed by atoms with Crippen molar-refractivity contribution in [3.8, 4) is 11.4 Å². The number of nitrogens with zero attached hydrogens (tertiary/aromatic N) is 3. The molecule has 1 heterocycles. The summed E-state index contributed by atoms with van der Waals surface area (Å²) in [6.07, 6.45) is 0. The van der Waals surface area contributed by atoms with Gasteiger partial charge in [-0.15, -0.1) is 10.2 Å². The Labute approximate surface area is 125 Å². The zero-order valence-corrected chi connectivity index (χ0v) is 12.8. The number of benzene rings is 1. The van der Waals surface area contributed by atoms with Gasteiger partial charge in [0.2, 0.25) is 0 Å². The Morgan fingerprint density at radius 3 is 2.52 bits per heavy atom. The van der Waals surface area contributed by atoms with Gasteiger partial charge in [0, 0.05) is 17.2 Å². The third-order valence-electron chi connectivity index (χ3n) is 2.65. The topological polar surface area (TPSA) is 64.8 Å². The normalized spacial score (nSPS) is 12.1. The maximum Gasteiger partial charge on any atom is 0.296 e. The molecule has 0 saturated heterocycles. The highest BCUT2D eigenvalue weighted by Crippen LogP contribution is 2.26. The second-order valence-electron chi connectivity index (χ2n) is 4.87. The van der Waals surface area contributed by atoms with Crippen LogP contribution < -0.4 is 0 Å². The van der Waals surface area contributed by atoms with Crippen LogP contribution in [-0.4, -0.2) is 23.2 Å². The van der Waals surface area contributed by atoms with Gasteiger partial charge in [0.25, 0.3) is 14.2 Å². The van der Waals surface area contributed by atoms with E-state index in [1.807, 2.05) is 13.8 Å². The van der Waals surface area contributed by atoms with E-state index in [0.717, 1.165) is 18.2 Å². The highest BCUT2D eigenvalue weighted by atomic mass is 35.7. The third-order valence-corrected chi connectivity index (χ3v) is 3.80. The van der Waals surface area contributed by atoms with Gasteiger partial charge in [-0.2, -0.15) is 0 Å². The van der Waals surface area contributed by atoms with E-state index in [4.69, 9.17) is 10.7 Å². The van der Waals surface area contributed by atoms with Gasteiger partial charge >= 0.3 is 0 Å². The average Bonchev–Trinajstić information content (AvgIpc) is 2.74. The molecule has 0 saturated carbocycles. The van der Waals surface area contributed by atoms with Crippen LogP contribution in [0.25, 0.3) is 11.4 Å². The van der Waals surface area contributed by atoms with Gasteiger partial charge in [-0.1, -0.05) is 13.8 Å². The Kier molecular flexibility index (Phi) is 4.29.